The van der Waals surface area contributed by atoms with Gasteiger partial charge in [-0.3, -0.25) is 4.79 Å². The number of rotatable bonds is 7. The van der Waals surface area contributed by atoms with Gasteiger partial charge in [-0.2, -0.15) is 0 Å². The third-order valence-electron chi connectivity index (χ3n) is 2.68. The van der Waals surface area contributed by atoms with Gasteiger partial charge in [0.2, 0.25) is 11.0 Å². The molecule has 1 aromatic heterocycles. The number of nitrogens with one attached hydrogen (secondary N) is 1. The Balaban J connectivity index is 2.46. The Hall–Kier alpha value is -1.01. The van der Waals surface area contributed by atoms with Gasteiger partial charge in [0.15, 0.2) is 0 Å². The number of carbonyl (C=O) groups is 1. The van der Waals surface area contributed by atoms with Gasteiger partial charge in [0.1, 0.15) is 5.01 Å². The van der Waals surface area contributed by atoms with Gasteiger partial charge in [0.25, 0.3) is 0 Å². The zero-order valence-electron chi connectivity index (χ0n) is 11.3. The topological polar surface area (TPSA) is 80.9 Å². The molecule has 0 spiro atoms. The second-order valence-corrected chi connectivity index (χ2v) is 5.92. The molecule has 18 heavy (non-hydrogen) atoms. The molecule has 1 rings (SSSR count). The number of nitrogens with two attached hydrogens (primary N) is 1. The summed E-state index contributed by atoms with van der Waals surface area (Å²) in [7, 11) is 0. The molecule has 0 aliphatic heterocycles. The van der Waals surface area contributed by atoms with Crippen molar-refractivity contribution < 1.29 is 4.79 Å². The summed E-state index contributed by atoms with van der Waals surface area (Å²) in [5.74, 6) is 0.760. The van der Waals surface area contributed by atoms with Crippen molar-refractivity contribution in [3.8, 4) is 0 Å². The van der Waals surface area contributed by atoms with E-state index in [4.69, 9.17) is 5.73 Å². The number of hydrogen-bond donors (Lipinski definition) is 2. The first kappa shape index (κ1) is 15.0. The minimum Gasteiger partial charge on any atom is -0.330 e. The van der Waals surface area contributed by atoms with Gasteiger partial charge in [-0.05, 0) is 18.4 Å². The van der Waals surface area contributed by atoms with E-state index in [-0.39, 0.29) is 11.8 Å². The van der Waals surface area contributed by atoms with E-state index in [1.54, 1.807) is 0 Å². The highest BCUT2D eigenvalue weighted by Gasteiger charge is 2.13. The number of nitrogens with zero attached hydrogens (tertiary/aromatic N) is 2. The maximum Gasteiger partial charge on any atom is 0.226 e. The molecule has 0 fully saturated rings. The van der Waals surface area contributed by atoms with E-state index < -0.39 is 0 Å². The van der Waals surface area contributed by atoms with Crippen LogP contribution in [0.2, 0.25) is 0 Å². The summed E-state index contributed by atoms with van der Waals surface area (Å²) in [5.41, 5.74) is 5.58. The van der Waals surface area contributed by atoms with Crippen molar-refractivity contribution in [2.24, 2.45) is 17.6 Å². The van der Waals surface area contributed by atoms with E-state index in [0.717, 1.165) is 17.8 Å². The summed E-state index contributed by atoms with van der Waals surface area (Å²) in [4.78, 5) is 11.7. The summed E-state index contributed by atoms with van der Waals surface area (Å²) in [6, 6.07) is 0. The number of aromatic nitrogens is 2. The van der Waals surface area contributed by atoms with Crippen LogP contribution in [0.4, 0.5) is 5.13 Å². The summed E-state index contributed by atoms with van der Waals surface area (Å²) in [5, 5.41) is 12.4. The first-order chi connectivity index (χ1) is 8.55. The smallest absolute Gasteiger partial charge is 0.226 e. The minimum absolute atomic E-state index is 0.0282. The fraction of sp³-hybridized carbons (Fsp3) is 0.750. The number of amides is 1. The highest BCUT2D eigenvalue weighted by molar-refractivity contribution is 7.15. The molecule has 0 aliphatic carbocycles. The molecule has 0 saturated carbocycles. The molecule has 0 aromatic carbocycles. The predicted molar refractivity (Wildman–Crippen MR) is 74.5 cm³/mol. The lowest BCUT2D eigenvalue weighted by atomic mass is 10.0. The predicted octanol–water partition coefficient (Wildman–Crippen LogP) is 2.05. The SMILES string of the molecule is CCC(CN)CC(=O)Nc1nnc(CC(C)C)s1. The zero-order chi connectivity index (χ0) is 13.5. The Morgan fingerprint density at radius 3 is 2.72 bits per heavy atom. The maximum absolute atomic E-state index is 11.7. The summed E-state index contributed by atoms with van der Waals surface area (Å²) in [6.45, 7) is 6.84. The number of anilines is 1. The van der Waals surface area contributed by atoms with Gasteiger partial charge in [-0.1, -0.05) is 38.5 Å². The van der Waals surface area contributed by atoms with E-state index in [1.165, 1.54) is 11.3 Å². The lowest BCUT2D eigenvalue weighted by molar-refractivity contribution is -0.117. The molecule has 1 aromatic rings. The molecule has 5 nitrogen and oxygen atoms in total. The molecule has 0 saturated heterocycles. The van der Waals surface area contributed by atoms with Crippen LogP contribution in [0.3, 0.4) is 0 Å². The summed E-state index contributed by atoms with van der Waals surface area (Å²) >= 11 is 1.45. The van der Waals surface area contributed by atoms with Crippen LogP contribution in [0.5, 0.6) is 0 Å². The van der Waals surface area contributed by atoms with Gasteiger partial charge in [0.05, 0.1) is 0 Å². The Bertz CT molecular complexity index is 374. The van der Waals surface area contributed by atoms with Crippen LogP contribution >= 0.6 is 11.3 Å². The lowest BCUT2D eigenvalue weighted by Gasteiger charge is -2.10. The molecule has 1 atom stereocenters. The largest absolute Gasteiger partial charge is 0.330 e. The monoisotopic (exact) mass is 270 g/mol. The standard InChI is InChI=1S/C12H22N4OS/c1-4-9(7-13)6-10(17)14-12-16-15-11(18-12)5-8(2)3/h8-9H,4-7,13H2,1-3H3,(H,14,16,17). The van der Waals surface area contributed by atoms with Crippen LogP contribution < -0.4 is 11.1 Å². The average molecular weight is 270 g/mol. The van der Waals surface area contributed by atoms with Gasteiger partial charge in [0, 0.05) is 12.8 Å². The van der Waals surface area contributed by atoms with Crippen LogP contribution in [-0.4, -0.2) is 22.6 Å². The third-order valence-corrected chi connectivity index (χ3v) is 3.54. The molecule has 1 heterocycles. The van der Waals surface area contributed by atoms with Crippen molar-refractivity contribution in [3.05, 3.63) is 5.01 Å². The summed E-state index contributed by atoms with van der Waals surface area (Å²) < 4.78 is 0. The van der Waals surface area contributed by atoms with E-state index in [0.29, 0.717) is 24.0 Å². The molecule has 0 aliphatic rings. The second kappa shape index (κ2) is 7.43. The van der Waals surface area contributed by atoms with Crippen LogP contribution in [0.25, 0.3) is 0 Å². The maximum atomic E-state index is 11.7. The Labute approximate surface area is 112 Å². The lowest BCUT2D eigenvalue weighted by Crippen LogP contribution is -2.21. The highest BCUT2D eigenvalue weighted by Crippen LogP contribution is 2.19. The normalized spacial score (nSPS) is 12.7. The fourth-order valence-electron chi connectivity index (χ4n) is 1.56. The average Bonchev–Trinajstić information content (AvgIpc) is 2.72. The minimum atomic E-state index is -0.0282. The van der Waals surface area contributed by atoms with Gasteiger partial charge in [-0.25, -0.2) is 0 Å². The van der Waals surface area contributed by atoms with Crippen molar-refractivity contribution in [2.75, 3.05) is 11.9 Å². The van der Waals surface area contributed by atoms with Gasteiger partial charge in [-0.15, -0.1) is 10.2 Å². The van der Waals surface area contributed by atoms with Crippen LogP contribution in [0, 0.1) is 11.8 Å². The Morgan fingerprint density at radius 1 is 1.44 bits per heavy atom. The molecule has 0 bridgehead atoms. The van der Waals surface area contributed by atoms with Gasteiger partial charge >= 0.3 is 0 Å². The molecular weight excluding hydrogens is 248 g/mol. The molecule has 1 unspecified atom stereocenters. The van der Waals surface area contributed by atoms with E-state index in [1.807, 2.05) is 6.92 Å². The van der Waals surface area contributed by atoms with Crippen molar-refractivity contribution in [3.63, 3.8) is 0 Å². The Kier molecular flexibility index (Phi) is 6.21. The van der Waals surface area contributed by atoms with Crippen LogP contribution in [0.1, 0.15) is 38.6 Å². The quantitative estimate of drug-likeness (QED) is 0.794. The Morgan fingerprint density at radius 2 is 2.17 bits per heavy atom. The molecular formula is C12H22N4OS. The fourth-order valence-corrected chi connectivity index (χ4v) is 2.53. The summed E-state index contributed by atoms with van der Waals surface area (Å²) in [6.07, 6.45) is 2.26. The van der Waals surface area contributed by atoms with Gasteiger partial charge < -0.3 is 11.1 Å². The number of hydrogen-bond acceptors (Lipinski definition) is 5. The van der Waals surface area contributed by atoms with E-state index in [9.17, 15) is 4.79 Å². The van der Waals surface area contributed by atoms with Crippen LogP contribution in [-0.2, 0) is 11.2 Å². The highest BCUT2D eigenvalue weighted by atomic mass is 32.1. The first-order valence-corrected chi connectivity index (χ1v) is 7.19. The molecule has 1 amide bonds. The van der Waals surface area contributed by atoms with Crippen molar-refractivity contribution in [1.82, 2.24) is 10.2 Å². The van der Waals surface area contributed by atoms with Crippen LogP contribution in [0.15, 0.2) is 0 Å². The number of carbonyl (C=O) groups excluding carboxylic acids is 1. The van der Waals surface area contributed by atoms with Crippen molar-refractivity contribution in [1.29, 1.82) is 0 Å². The molecule has 102 valence electrons. The van der Waals surface area contributed by atoms with E-state index in [2.05, 4.69) is 29.4 Å². The molecule has 3 N–H and O–H groups in total. The van der Waals surface area contributed by atoms with Crippen molar-refractivity contribution >= 4 is 22.4 Å². The third kappa shape index (κ3) is 5.10. The first-order valence-electron chi connectivity index (χ1n) is 6.37. The zero-order valence-corrected chi connectivity index (χ0v) is 12.1. The molecule has 0 radical (unpaired) electrons. The molecule has 6 heteroatoms. The van der Waals surface area contributed by atoms with Crippen molar-refractivity contribution in [2.45, 2.75) is 40.0 Å². The second-order valence-electron chi connectivity index (χ2n) is 4.86. The van der Waals surface area contributed by atoms with E-state index >= 15 is 0 Å².